The number of hydrogen-bond donors (Lipinski definition) is 1. The summed E-state index contributed by atoms with van der Waals surface area (Å²) in [4.78, 5) is 0. The molecule has 0 aromatic carbocycles. The lowest BCUT2D eigenvalue weighted by Gasteiger charge is -1.96. The summed E-state index contributed by atoms with van der Waals surface area (Å²) in [5.74, 6) is 0. The molecule has 0 heterocycles. The first-order valence-corrected chi connectivity index (χ1v) is 3.93. The van der Waals surface area contributed by atoms with E-state index in [0.29, 0.717) is 0 Å². The Bertz CT molecular complexity index is 175. The van der Waals surface area contributed by atoms with E-state index in [0.717, 1.165) is 18.5 Å². The third-order valence-corrected chi connectivity index (χ3v) is 1.50. The Morgan fingerprint density at radius 3 is 2.64 bits per heavy atom. The van der Waals surface area contributed by atoms with Crippen LogP contribution in [0.25, 0.3) is 0 Å². The van der Waals surface area contributed by atoms with Gasteiger partial charge in [0, 0.05) is 5.70 Å². The van der Waals surface area contributed by atoms with Crippen LogP contribution in [0.4, 0.5) is 0 Å². The van der Waals surface area contributed by atoms with E-state index in [4.69, 9.17) is 5.73 Å². The highest BCUT2D eigenvalue weighted by Gasteiger charge is 1.86. The zero-order chi connectivity index (χ0) is 8.69. The monoisotopic (exact) mass is 151 g/mol. The summed E-state index contributed by atoms with van der Waals surface area (Å²) in [5, 5.41) is 0. The standard InChI is InChI=1S/C10H17N/c1-4-6-9(3)7-8-10(11)5-2/h4,6,8H,1,5,7,11H2,2-3H3/b9-6-,10-8+. The minimum absolute atomic E-state index is 0.932. The molecule has 0 aliphatic carbocycles. The molecule has 0 fully saturated rings. The first-order valence-electron chi connectivity index (χ1n) is 3.93. The Balaban J connectivity index is 3.86. The minimum Gasteiger partial charge on any atom is -0.402 e. The summed E-state index contributed by atoms with van der Waals surface area (Å²) in [6, 6.07) is 0. The van der Waals surface area contributed by atoms with Gasteiger partial charge in [-0.05, 0) is 19.8 Å². The molecule has 0 bridgehead atoms. The zero-order valence-corrected chi connectivity index (χ0v) is 7.43. The van der Waals surface area contributed by atoms with Crippen molar-refractivity contribution in [2.24, 2.45) is 5.73 Å². The van der Waals surface area contributed by atoms with Gasteiger partial charge in [-0.2, -0.15) is 0 Å². The maximum absolute atomic E-state index is 5.63. The molecule has 0 aromatic heterocycles. The molecule has 0 radical (unpaired) electrons. The SMILES string of the molecule is C=C/C=C(/C)C/C=C(/N)CC. The fourth-order valence-corrected chi connectivity index (χ4v) is 0.706. The van der Waals surface area contributed by atoms with Gasteiger partial charge >= 0.3 is 0 Å². The summed E-state index contributed by atoms with van der Waals surface area (Å²) in [6.45, 7) is 7.74. The molecule has 1 nitrogen and oxygen atoms in total. The Morgan fingerprint density at radius 2 is 2.18 bits per heavy atom. The van der Waals surface area contributed by atoms with Crippen molar-refractivity contribution in [2.75, 3.05) is 0 Å². The number of rotatable bonds is 4. The molecule has 0 atom stereocenters. The van der Waals surface area contributed by atoms with E-state index in [2.05, 4.69) is 26.5 Å². The van der Waals surface area contributed by atoms with E-state index < -0.39 is 0 Å². The summed E-state index contributed by atoms with van der Waals surface area (Å²) in [7, 11) is 0. The maximum atomic E-state index is 5.63. The van der Waals surface area contributed by atoms with Gasteiger partial charge in [0.15, 0.2) is 0 Å². The van der Waals surface area contributed by atoms with Crippen LogP contribution >= 0.6 is 0 Å². The topological polar surface area (TPSA) is 26.0 Å². The predicted octanol–water partition coefficient (Wildman–Crippen LogP) is 2.76. The molecule has 11 heavy (non-hydrogen) atoms. The molecule has 0 saturated heterocycles. The van der Waals surface area contributed by atoms with Crippen molar-refractivity contribution in [1.82, 2.24) is 0 Å². The van der Waals surface area contributed by atoms with E-state index in [1.807, 2.05) is 6.08 Å². The van der Waals surface area contributed by atoms with Gasteiger partial charge in [0.2, 0.25) is 0 Å². The maximum Gasteiger partial charge on any atom is 0.00404 e. The van der Waals surface area contributed by atoms with E-state index in [-0.39, 0.29) is 0 Å². The Morgan fingerprint density at radius 1 is 1.55 bits per heavy atom. The molecule has 0 unspecified atom stereocenters. The zero-order valence-electron chi connectivity index (χ0n) is 7.43. The van der Waals surface area contributed by atoms with Crippen LogP contribution in [0.5, 0.6) is 0 Å². The highest BCUT2D eigenvalue weighted by molar-refractivity contribution is 5.12. The van der Waals surface area contributed by atoms with Crippen LogP contribution in [-0.2, 0) is 0 Å². The first-order chi connectivity index (χ1) is 5.20. The van der Waals surface area contributed by atoms with Gasteiger partial charge in [-0.25, -0.2) is 0 Å². The Hall–Kier alpha value is -0.980. The van der Waals surface area contributed by atoms with Crippen LogP contribution in [0.2, 0.25) is 0 Å². The average molecular weight is 151 g/mol. The largest absolute Gasteiger partial charge is 0.402 e. The number of allylic oxidation sites excluding steroid dienone is 5. The Kier molecular flexibility index (Phi) is 5.26. The normalized spacial score (nSPS) is 13.3. The molecular weight excluding hydrogens is 134 g/mol. The molecule has 1 heteroatoms. The first kappa shape index (κ1) is 10.0. The minimum atomic E-state index is 0.932. The van der Waals surface area contributed by atoms with Crippen molar-refractivity contribution in [3.63, 3.8) is 0 Å². The second-order valence-corrected chi connectivity index (χ2v) is 2.59. The van der Waals surface area contributed by atoms with Crippen molar-refractivity contribution in [1.29, 1.82) is 0 Å². The molecule has 0 spiro atoms. The van der Waals surface area contributed by atoms with Crippen molar-refractivity contribution in [2.45, 2.75) is 26.7 Å². The van der Waals surface area contributed by atoms with Crippen LogP contribution in [0.1, 0.15) is 26.7 Å². The van der Waals surface area contributed by atoms with Gasteiger partial charge in [-0.3, -0.25) is 0 Å². The summed E-state index contributed by atoms with van der Waals surface area (Å²) in [6.07, 6.45) is 7.72. The predicted molar refractivity (Wildman–Crippen MR) is 51.1 cm³/mol. The third-order valence-electron chi connectivity index (χ3n) is 1.50. The van der Waals surface area contributed by atoms with E-state index in [1.54, 1.807) is 6.08 Å². The number of nitrogens with two attached hydrogens (primary N) is 1. The van der Waals surface area contributed by atoms with Crippen LogP contribution < -0.4 is 5.73 Å². The highest BCUT2D eigenvalue weighted by atomic mass is 14.6. The van der Waals surface area contributed by atoms with E-state index >= 15 is 0 Å². The molecule has 2 N–H and O–H groups in total. The smallest absolute Gasteiger partial charge is 0.00404 e. The van der Waals surface area contributed by atoms with E-state index in [9.17, 15) is 0 Å². The van der Waals surface area contributed by atoms with Crippen LogP contribution in [0, 0.1) is 0 Å². The molecule has 62 valence electrons. The molecule has 0 rings (SSSR count). The van der Waals surface area contributed by atoms with Crippen LogP contribution in [0.3, 0.4) is 0 Å². The lowest BCUT2D eigenvalue weighted by molar-refractivity contribution is 1.04. The lowest BCUT2D eigenvalue weighted by atomic mass is 10.1. The van der Waals surface area contributed by atoms with Gasteiger partial charge in [0.05, 0.1) is 0 Å². The highest BCUT2D eigenvalue weighted by Crippen LogP contribution is 2.03. The van der Waals surface area contributed by atoms with Crippen molar-refractivity contribution >= 4 is 0 Å². The van der Waals surface area contributed by atoms with Crippen molar-refractivity contribution in [3.05, 3.63) is 36.1 Å². The van der Waals surface area contributed by atoms with E-state index in [1.165, 1.54) is 5.57 Å². The summed E-state index contributed by atoms with van der Waals surface area (Å²) < 4.78 is 0. The summed E-state index contributed by atoms with van der Waals surface area (Å²) in [5.41, 5.74) is 7.87. The second kappa shape index (κ2) is 5.78. The molecule has 0 saturated carbocycles. The average Bonchev–Trinajstić information content (AvgIpc) is 2.01. The second-order valence-electron chi connectivity index (χ2n) is 2.59. The van der Waals surface area contributed by atoms with Crippen LogP contribution in [-0.4, -0.2) is 0 Å². The molecule has 0 aliphatic rings. The molecule has 0 aliphatic heterocycles. The van der Waals surface area contributed by atoms with Crippen molar-refractivity contribution in [3.8, 4) is 0 Å². The molecule has 0 aromatic rings. The van der Waals surface area contributed by atoms with Gasteiger partial charge < -0.3 is 5.73 Å². The lowest BCUT2D eigenvalue weighted by Crippen LogP contribution is -1.94. The van der Waals surface area contributed by atoms with Gasteiger partial charge in [-0.1, -0.05) is 37.3 Å². The van der Waals surface area contributed by atoms with Crippen LogP contribution in [0.15, 0.2) is 36.1 Å². The van der Waals surface area contributed by atoms with Crippen molar-refractivity contribution < 1.29 is 0 Å². The van der Waals surface area contributed by atoms with Gasteiger partial charge in [0.1, 0.15) is 0 Å². The fraction of sp³-hybridized carbons (Fsp3) is 0.400. The van der Waals surface area contributed by atoms with Gasteiger partial charge in [0.25, 0.3) is 0 Å². The third kappa shape index (κ3) is 5.46. The Labute approximate surface area is 69.3 Å². The molecular formula is C10H17N. The number of hydrogen-bond acceptors (Lipinski definition) is 1. The van der Waals surface area contributed by atoms with Gasteiger partial charge in [-0.15, -0.1) is 0 Å². The summed E-state index contributed by atoms with van der Waals surface area (Å²) >= 11 is 0. The molecule has 0 amide bonds. The quantitative estimate of drug-likeness (QED) is 0.614. The fourth-order valence-electron chi connectivity index (χ4n) is 0.706.